The zero-order valence-electron chi connectivity index (χ0n) is 15.7. The van der Waals surface area contributed by atoms with Crippen molar-refractivity contribution >= 4 is 39.1 Å². The monoisotopic (exact) mass is 426 g/mol. The van der Waals surface area contributed by atoms with E-state index in [-0.39, 0.29) is 10.1 Å². The summed E-state index contributed by atoms with van der Waals surface area (Å²) >= 11 is 4.47. The normalized spacial score (nSPS) is 20.4. The predicted molar refractivity (Wildman–Crippen MR) is 118 cm³/mol. The third-order valence-corrected chi connectivity index (χ3v) is 7.62. The SMILES string of the molecule is O=C(NC(C1CC(S)CN1)S(=O)(=O)c1ccc2ccccc2c1)c1ccccc1. The Kier molecular flexibility index (Phi) is 5.63. The van der Waals surface area contributed by atoms with Crippen molar-refractivity contribution in [2.45, 2.75) is 28.0 Å². The molecule has 1 amide bonds. The summed E-state index contributed by atoms with van der Waals surface area (Å²) in [5, 5.41) is 6.72. The molecule has 0 radical (unpaired) electrons. The molecule has 3 aromatic carbocycles. The van der Waals surface area contributed by atoms with Gasteiger partial charge in [-0.2, -0.15) is 12.6 Å². The number of hydrogen-bond acceptors (Lipinski definition) is 5. The molecule has 0 aromatic heterocycles. The molecule has 1 heterocycles. The lowest BCUT2D eigenvalue weighted by atomic mass is 10.1. The van der Waals surface area contributed by atoms with Crippen LogP contribution in [0.3, 0.4) is 0 Å². The lowest BCUT2D eigenvalue weighted by Crippen LogP contribution is -2.52. The summed E-state index contributed by atoms with van der Waals surface area (Å²) in [6.45, 7) is 0.596. The number of carbonyl (C=O) groups excluding carboxylic acids is 1. The van der Waals surface area contributed by atoms with Crippen molar-refractivity contribution in [3.8, 4) is 0 Å². The first-order valence-electron chi connectivity index (χ1n) is 9.45. The first kappa shape index (κ1) is 19.9. The molecular formula is C22H22N2O3S2. The Hall–Kier alpha value is -2.35. The molecule has 1 saturated heterocycles. The van der Waals surface area contributed by atoms with Crippen molar-refractivity contribution in [2.24, 2.45) is 0 Å². The van der Waals surface area contributed by atoms with Gasteiger partial charge in [0.2, 0.25) is 9.84 Å². The number of carbonyl (C=O) groups is 1. The smallest absolute Gasteiger partial charge is 0.252 e. The third-order valence-electron chi connectivity index (χ3n) is 5.20. The van der Waals surface area contributed by atoms with Crippen molar-refractivity contribution in [2.75, 3.05) is 6.54 Å². The van der Waals surface area contributed by atoms with Gasteiger partial charge in [-0.1, -0.05) is 48.5 Å². The minimum Gasteiger partial charge on any atom is -0.334 e. The second kappa shape index (κ2) is 8.18. The fraction of sp³-hybridized carbons (Fsp3) is 0.227. The number of hydrogen-bond donors (Lipinski definition) is 3. The van der Waals surface area contributed by atoms with E-state index >= 15 is 0 Å². The molecule has 150 valence electrons. The summed E-state index contributed by atoms with van der Waals surface area (Å²) in [7, 11) is -3.83. The molecule has 4 rings (SSSR count). The third kappa shape index (κ3) is 4.17. The molecule has 1 aliphatic rings. The van der Waals surface area contributed by atoms with Crippen molar-refractivity contribution < 1.29 is 13.2 Å². The first-order valence-corrected chi connectivity index (χ1v) is 11.5. The number of rotatable bonds is 5. The van der Waals surface area contributed by atoms with Crippen molar-refractivity contribution in [3.63, 3.8) is 0 Å². The van der Waals surface area contributed by atoms with Gasteiger partial charge in [0.1, 0.15) is 0 Å². The van der Waals surface area contributed by atoms with Crippen LogP contribution in [0.4, 0.5) is 0 Å². The zero-order chi connectivity index (χ0) is 20.4. The Morgan fingerprint density at radius 3 is 2.38 bits per heavy atom. The van der Waals surface area contributed by atoms with Crippen LogP contribution in [0.25, 0.3) is 10.8 Å². The van der Waals surface area contributed by atoms with E-state index in [0.717, 1.165) is 10.8 Å². The highest BCUT2D eigenvalue weighted by atomic mass is 32.2. The number of fused-ring (bicyclic) bond motifs is 1. The minimum absolute atomic E-state index is 0.0444. The summed E-state index contributed by atoms with van der Waals surface area (Å²) in [6, 6.07) is 20.9. The molecule has 5 nitrogen and oxygen atoms in total. The van der Waals surface area contributed by atoms with E-state index in [9.17, 15) is 13.2 Å². The van der Waals surface area contributed by atoms with Gasteiger partial charge in [-0.15, -0.1) is 0 Å². The molecule has 1 fully saturated rings. The Bertz CT molecular complexity index is 1130. The largest absolute Gasteiger partial charge is 0.334 e. The van der Waals surface area contributed by atoms with Crippen LogP contribution >= 0.6 is 12.6 Å². The lowest BCUT2D eigenvalue weighted by Gasteiger charge is -2.25. The van der Waals surface area contributed by atoms with E-state index in [1.807, 2.05) is 30.3 Å². The summed E-state index contributed by atoms with van der Waals surface area (Å²) < 4.78 is 27.1. The van der Waals surface area contributed by atoms with Gasteiger partial charge in [0.05, 0.1) is 4.90 Å². The zero-order valence-corrected chi connectivity index (χ0v) is 17.4. The second-order valence-electron chi connectivity index (χ2n) is 7.22. The fourth-order valence-electron chi connectivity index (χ4n) is 3.67. The molecule has 3 aromatic rings. The predicted octanol–water partition coefficient (Wildman–Crippen LogP) is 3.03. The number of thiol groups is 1. The average molecular weight is 427 g/mol. The fourth-order valence-corrected chi connectivity index (χ4v) is 5.74. The highest BCUT2D eigenvalue weighted by molar-refractivity contribution is 7.92. The molecule has 29 heavy (non-hydrogen) atoms. The van der Waals surface area contributed by atoms with E-state index in [1.165, 1.54) is 0 Å². The van der Waals surface area contributed by atoms with E-state index in [2.05, 4.69) is 23.3 Å². The Labute approximate surface area is 175 Å². The van der Waals surface area contributed by atoms with E-state index in [1.54, 1.807) is 42.5 Å². The maximum absolute atomic E-state index is 13.6. The lowest BCUT2D eigenvalue weighted by molar-refractivity contribution is 0.0943. The van der Waals surface area contributed by atoms with Gasteiger partial charge < -0.3 is 10.6 Å². The standard InChI is InChI=1S/C22H22N2O3S2/c25-21(16-7-2-1-3-8-16)24-22(20-13-18(28)14-23-20)29(26,27)19-11-10-15-6-4-5-9-17(15)12-19/h1-12,18,20,22-23,28H,13-14H2,(H,24,25). The molecule has 0 saturated carbocycles. The van der Waals surface area contributed by atoms with Gasteiger partial charge in [-0.05, 0) is 41.5 Å². The molecule has 3 atom stereocenters. The Morgan fingerprint density at radius 2 is 1.69 bits per heavy atom. The minimum atomic E-state index is -3.83. The summed E-state index contributed by atoms with van der Waals surface area (Å²) in [5.74, 6) is -0.413. The Morgan fingerprint density at radius 1 is 1.00 bits per heavy atom. The van der Waals surface area contributed by atoms with Crippen LogP contribution in [0.5, 0.6) is 0 Å². The van der Waals surface area contributed by atoms with Gasteiger partial charge in [0.15, 0.2) is 5.37 Å². The molecule has 0 bridgehead atoms. The van der Waals surface area contributed by atoms with Crippen LogP contribution in [-0.2, 0) is 9.84 Å². The van der Waals surface area contributed by atoms with Crippen LogP contribution in [0.1, 0.15) is 16.8 Å². The van der Waals surface area contributed by atoms with Crippen molar-refractivity contribution in [1.29, 1.82) is 0 Å². The summed E-state index contributed by atoms with van der Waals surface area (Å²) in [6.07, 6.45) is 0.551. The van der Waals surface area contributed by atoms with Crippen LogP contribution in [0.2, 0.25) is 0 Å². The molecule has 0 spiro atoms. The quantitative estimate of drug-likeness (QED) is 0.548. The number of benzene rings is 3. The molecule has 3 unspecified atom stereocenters. The van der Waals surface area contributed by atoms with Crippen LogP contribution in [-0.4, -0.2) is 37.5 Å². The molecule has 2 N–H and O–H groups in total. The highest BCUT2D eigenvalue weighted by Crippen LogP contribution is 2.26. The number of nitrogens with one attached hydrogen (secondary N) is 2. The van der Waals surface area contributed by atoms with Crippen LogP contribution in [0, 0.1) is 0 Å². The number of sulfone groups is 1. The molecular weight excluding hydrogens is 404 g/mol. The molecule has 1 aliphatic heterocycles. The van der Waals surface area contributed by atoms with Gasteiger partial charge >= 0.3 is 0 Å². The summed E-state index contributed by atoms with van der Waals surface area (Å²) in [5.41, 5.74) is 0.423. The first-order chi connectivity index (χ1) is 13.9. The van der Waals surface area contributed by atoms with Crippen LogP contribution < -0.4 is 10.6 Å². The topological polar surface area (TPSA) is 75.3 Å². The number of amides is 1. The van der Waals surface area contributed by atoms with Gasteiger partial charge in [0, 0.05) is 23.4 Å². The van der Waals surface area contributed by atoms with E-state index in [0.29, 0.717) is 18.5 Å². The molecule has 7 heteroatoms. The maximum Gasteiger partial charge on any atom is 0.252 e. The van der Waals surface area contributed by atoms with Crippen molar-refractivity contribution in [1.82, 2.24) is 10.6 Å². The summed E-state index contributed by atoms with van der Waals surface area (Å²) in [4.78, 5) is 13.0. The Balaban J connectivity index is 1.71. The second-order valence-corrected chi connectivity index (χ2v) is 10.0. The van der Waals surface area contributed by atoms with E-state index < -0.39 is 27.2 Å². The highest BCUT2D eigenvalue weighted by Gasteiger charge is 2.39. The van der Waals surface area contributed by atoms with Gasteiger partial charge in [-0.25, -0.2) is 8.42 Å². The van der Waals surface area contributed by atoms with Crippen LogP contribution in [0.15, 0.2) is 77.7 Å². The van der Waals surface area contributed by atoms with E-state index in [4.69, 9.17) is 0 Å². The maximum atomic E-state index is 13.6. The van der Waals surface area contributed by atoms with Gasteiger partial charge in [-0.3, -0.25) is 4.79 Å². The van der Waals surface area contributed by atoms with Gasteiger partial charge in [0.25, 0.3) is 5.91 Å². The van der Waals surface area contributed by atoms with Crippen molar-refractivity contribution in [3.05, 3.63) is 78.4 Å². The molecule has 0 aliphatic carbocycles. The average Bonchev–Trinajstić information content (AvgIpc) is 3.17.